The van der Waals surface area contributed by atoms with Crippen molar-refractivity contribution in [3.05, 3.63) is 41.5 Å². The molecule has 0 aliphatic rings. The molecule has 152 valence electrons. The Hall–Kier alpha value is -2.74. The smallest absolute Gasteiger partial charge is 0.414 e. The molecule has 0 atom stereocenters. The highest BCUT2D eigenvalue weighted by molar-refractivity contribution is 7.99. The summed E-state index contributed by atoms with van der Waals surface area (Å²) in [7, 11) is 1.68. The average Bonchev–Trinajstić information content (AvgIpc) is 3.03. The maximum absolute atomic E-state index is 9.10. The van der Waals surface area contributed by atoms with Crippen molar-refractivity contribution in [1.29, 1.82) is 0 Å². The number of benzene rings is 1. The molecule has 1 aromatic carbocycles. The first-order chi connectivity index (χ1) is 13.2. The molecule has 0 amide bonds. The maximum Gasteiger partial charge on any atom is 0.414 e. The van der Waals surface area contributed by atoms with Crippen LogP contribution in [0.25, 0.3) is 11.0 Å². The number of fused-ring (bicyclic) bond motifs is 1. The number of aromatic nitrogens is 2. The van der Waals surface area contributed by atoms with Gasteiger partial charge in [0.25, 0.3) is 0 Å². The lowest BCUT2D eigenvalue weighted by molar-refractivity contribution is -0.159. The minimum Gasteiger partial charge on any atom is -0.497 e. The van der Waals surface area contributed by atoms with E-state index in [1.54, 1.807) is 18.9 Å². The van der Waals surface area contributed by atoms with Crippen LogP contribution < -0.4 is 4.74 Å². The highest BCUT2D eigenvalue weighted by atomic mass is 32.2. The van der Waals surface area contributed by atoms with E-state index in [0.717, 1.165) is 40.5 Å². The molecule has 2 aromatic rings. The minimum atomic E-state index is -1.82. The van der Waals surface area contributed by atoms with Crippen molar-refractivity contribution in [3.63, 3.8) is 0 Å². The molecule has 0 fully saturated rings. The largest absolute Gasteiger partial charge is 0.497 e. The lowest BCUT2D eigenvalue weighted by Gasteiger charge is -1.99. The fourth-order valence-electron chi connectivity index (χ4n) is 2.11. The number of allylic oxidation sites excluding steroid dienone is 3. The number of thioether (sulfide) groups is 1. The standard InChI is InChI=1S/C18H24N2OS.C2H2O4/c1-13(2)6-5-7-14(3)10-11-22-18-19-16-9-8-15(21-4)12-17(16)20-18;3-1(4)2(5)6/h6,8-10,12H,5,7,11H2,1-4H3,(H,19,20);(H,3,4)(H,5,6)/b14-10+;. The number of carboxylic acids is 2. The molecule has 0 saturated carbocycles. The summed E-state index contributed by atoms with van der Waals surface area (Å²) in [5.41, 5.74) is 4.82. The molecule has 0 radical (unpaired) electrons. The van der Waals surface area contributed by atoms with Crippen LogP contribution in [0.2, 0.25) is 0 Å². The molecule has 0 unspecified atom stereocenters. The number of carbonyl (C=O) groups is 2. The number of aromatic amines is 1. The fourth-order valence-corrected chi connectivity index (χ4v) is 2.98. The molecule has 0 saturated heterocycles. The summed E-state index contributed by atoms with van der Waals surface area (Å²) in [5.74, 6) is -1.86. The number of aliphatic carboxylic acids is 2. The Kier molecular flexibility index (Phi) is 9.87. The van der Waals surface area contributed by atoms with Crippen molar-refractivity contribution in [2.45, 2.75) is 38.8 Å². The fraction of sp³-hybridized carbons (Fsp3) is 0.350. The van der Waals surface area contributed by atoms with E-state index < -0.39 is 11.9 Å². The van der Waals surface area contributed by atoms with E-state index >= 15 is 0 Å². The molecule has 0 aliphatic heterocycles. The Morgan fingerprint density at radius 3 is 2.43 bits per heavy atom. The molecule has 2 rings (SSSR count). The normalized spacial score (nSPS) is 10.8. The van der Waals surface area contributed by atoms with Crippen LogP contribution in [0.5, 0.6) is 5.75 Å². The van der Waals surface area contributed by atoms with Crippen LogP contribution in [0.3, 0.4) is 0 Å². The van der Waals surface area contributed by atoms with E-state index in [4.69, 9.17) is 24.5 Å². The number of nitrogens with zero attached hydrogens (tertiary/aromatic N) is 1. The van der Waals surface area contributed by atoms with Crippen LogP contribution in [0.15, 0.2) is 46.7 Å². The number of carboxylic acid groups (broad SMARTS) is 2. The molecule has 1 heterocycles. The molecular weight excluding hydrogens is 380 g/mol. The van der Waals surface area contributed by atoms with Gasteiger partial charge in [0.2, 0.25) is 0 Å². The molecule has 0 aliphatic carbocycles. The van der Waals surface area contributed by atoms with Gasteiger partial charge >= 0.3 is 11.9 Å². The van der Waals surface area contributed by atoms with Crippen LogP contribution in [0, 0.1) is 0 Å². The van der Waals surface area contributed by atoms with E-state index in [0.29, 0.717) is 0 Å². The highest BCUT2D eigenvalue weighted by Gasteiger charge is 2.04. The maximum atomic E-state index is 9.10. The third kappa shape index (κ3) is 8.77. The SMILES string of the molecule is COc1ccc2nc(SC/C=C(\C)CCC=C(C)C)[nH]c2c1.O=C(O)C(=O)O. The van der Waals surface area contributed by atoms with Gasteiger partial charge in [-0.05, 0) is 45.7 Å². The van der Waals surface area contributed by atoms with Gasteiger partial charge in [-0.1, -0.05) is 35.1 Å². The van der Waals surface area contributed by atoms with Gasteiger partial charge in [0, 0.05) is 11.8 Å². The van der Waals surface area contributed by atoms with Gasteiger partial charge in [-0.3, -0.25) is 0 Å². The highest BCUT2D eigenvalue weighted by Crippen LogP contribution is 2.23. The molecule has 0 spiro atoms. The quantitative estimate of drug-likeness (QED) is 0.352. The summed E-state index contributed by atoms with van der Waals surface area (Å²) in [6, 6.07) is 5.90. The number of ether oxygens (including phenoxy) is 1. The topological polar surface area (TPSA) is 113 Å². The lowest BCUT2D eigenvalue weighted by Crippen LogP contribution is -2.09. The van der Waals surface area contributed by atoms with Gasteiger partial charge in [0.05, 0.1) is 18.1 Å². The summed E-state index contributed by atoms with van der Waals surface area (Å²) in [5, 5.41) is 15.7. The lowest BCUT2D eigenvalue weighted by atomic mass is 10.1. The van der Waals surface area contributed by atoms with Gasteiger partial charge in [0.1, 0.15) is 5.75 Å². The van der Waals surface area contributed by atoms with Crippen molar-refractivity contribution in [3.8, 4) is 5.75 Å². The van der Waals surface area contributed by atoms with Crippen molar-refractivity contribution in [1.82, 2.24) is 9.97 Å². The zero-order chi connectivity index (χ0) is 21.1. The van der Waals surface area contributed by atoms with E-state index in [-0.39, 0.29) is 0 Å². The average molecular weight is 407 g/mol. The van der Waals surface area contributed by atoms with Crippen molar-refractivity contribution >= 4 is 34.7 Å². The number of hydrogen-bond donors (Lipinski definition) is 3. The molecule has 8 heteroatoms. The van der Waals surface area contributed by atoms with Gasteiger partial charge in [-0.25, -0.2) is 14.6 Å². The van der Waals surface area contributed by atoms with E-state index in [9.17, 15) is 0 Å². The Balaban J connectivity index is 0.000000568. The van der Waals surface area contributed by atoms with Gasteiger partial charge in [-0.2, -0.15) is 0 Å². The van der Waals surface area contributed by atoms with Crippen LogP contribution in [-0.2, 0) is 9.59 Å². The number of hydrogen-bond acceptors (Lipinski definition) is 5. The van der Waals surface area contributed by atoms with Gasteiger partial charge in [-0.15, -0.1) is 0 Å². The Labute approximate surface area is 168 Å². The van der Waals surface area contributed by atoms with E-state index in [1.807, 2.05) is 18.2 Å². The third-order valence-electron chi connectivity index (χ3n) is 3.59. The second-order valence-electron chi connectivity index (χ2n) is 6.22. The van der Waals surface area contributed by atoms with Crippen LogP contribution >= 0.6 is 11.8 Å². The van der Waals surface area contributed by atoms with Crippen LogP contribution in [-0.4, -0.2) is 45.0 Å². The predicted octanol–water partition coefficient (Wildman–Crippen LogP) is 4.51. The Morgan fingerprint density at radius 2 is 1.86 bits per heavy atom. The molecule has 0 bridgehead atoms. The number of rotatable bonds is 7. The van der Waals surface area contributed by atoms with Gasteiger partial charge in [0.15, 0.2) is 5.16 Å². The Morgan fingerprint density at radius 1 is 1.18 bits per heavy atom. The first kappa shape index (κ1) is 23.3. The van der Waals surface area contributed by atoms with Crippen LogP contribution in [0.4, 0.5) is 0 Å². The monoisotopic (exact) mass is 406 g/mol. The summed E-state index contributed by atoms with van der Waals surface area (Å²) in [4.78, 5) is 26.1. The number of imidazole rings is 1. The van der Waals surface area contributed by atoms with E-state index in [2.05, 4.69) is 42.9 Å². The number of methoxy groups -OCH3 is 1. The molecule has 3 N–H and O–H groups in total. The first-order valence-electron chi connectivity index (χ1n) is 8.64. The van der Waals surface area contributed by atoms with Crippen LogP contribution in [0.1, 0.15) is 33.6 Å². The molecule has 7 nitrogen and oxygen atoms in total. The zero-order valence-electron chi connectivity index (χ0n) is 16.5. The predicted molar refractivity (Wildman–Crippen MR) is 111 cm³/mol. The summed E-state index contributed by atoms with van der Waals surface area (Å²) in [6.45, 7) is 6.49. The number of nitrogens with one attached hydrogen (secondary N) is 1. The minimum absolute atomic E-state index is 0.850. The second kappa shape index (κ2) is 11.9. The van der Waals surface area contributed by atoms with Crippen molar-refractivity contribution in [2.24, 2.45) is 0 Å². The Bertz CT molecular complexity index is 855. The summed E-state index contributed by atoms with van der Waals surface area (Å²) < 4.78 is 5.23. The molecular formula is C20H26N2O5S. The zero-order valence-corrected chi connectivity index (χ0v) is 17.3. The van der Waals surface area contributed by atoms with Crippen molar-refractivity contribution < 1.29 is 24.5 Å². The second-order valence-corrected chi connectivity index (χ2v) is 7.23. The molecule has 28 heavy (non-hydrogen) atoms. The number of H-pyrrole nitrogens is 1. The first-order valence-corrected chi connectivity index (χ1v) is 9.63. The van der Waals surface area contributed by atoms with Gasteiger partial charge < -0.3 is 19.9 Å². The summed E-state index contributed by atoms with van der Waals surface area (Å²) >= 11 is 1.73. The van der Waals surface area contributed by atoms with E-state index in [1.165, 1.54) is 11.1 Å². The molecule has 1 aromatic heterocycles. The third-order valence-corrected chi connectivity index (χ3v) is 4.39. The van der Waals surface area contributed by atoms with Crippen molar-refractivity contribution in [2.75, 3.05) is 12.9 Å². The summed E-state index contributed by atoms with van der Waals surface area (Å²) in [6.07, 6.45) is 6.83.